The van der Waals surface area contributed by atoms with E-state index in [2.05, 4.69) is 13.8 Å². The number of hydrogen-bond acceptors (Lipinski definition) is 0. The Balaban J connectivity index is 3.61. The lowest BCUT2D eigenvalue weighted by Gasteiger charge is -2.04. The summed E-state index contributed by atoms with van der Waals surface area (Å²) in [5, 5.41) is 1.07. The Morgan fingerprint density at radius 3 is 2.36 bits per heavy atom. The molecule has 84 valence electrons. The SMILES string of the molecule is CCCCCC(Cl)=CC(Cl)CCCC. The number of rotatable bonds is 8. The topological polar surface area (TPSA) is 0 Å². The molecular weight excluding hydrogens is 215 g/mol. The van der Waals surface area contributed by atoms with Crippen molar-refractivity contribution in [2.45, 2.75) is 64.2 Å². The number of allylic oxidation sites excluding steroid dienone is 2. The highest BCUT2D eigenvalue weighted by Gasteiger charge is 2.01. The number of alkyl halides is 1. The third-order valence-corrected chi connectivity index (χ3v) is 2.87. The van der Waals surface area contributed by atoms with E-state index in [9.17, 15) is 0 Å². The lowest BCUT2D eigenvalue weighted by Crippen LogP contribution is -1.94. The minimum atomic E-state index is 0.129. The summed E-state index contributed by atoms with van der Waals surface area (Å²) in [6.45, 7) is 4.37. The Hall–Kier alpha value is 0.320. The maximum Gasteiger partial charge on any atom is 0.0530 e. The van der Waals surface area contributed by atoms with Crippen LogP contribution in [0.5, 0.6) is 0 Å². The van der Waals surface area contributed by atoms with Gasteiger partial charge in [-0.2, -0.15) is 0 Å². The molecule has 0 saturated heterocycles. The van der Waals surface area contributed by atoms with Gasteiger partial charge in [-0.05, 0) is 19.3 Å². The van der Waals surface area contributed by atoms with E-state index in [0.29, 0.717) is 0 Å². The third kappa shape index (κ3) is 8.90. The fraction of sp³-hybridized carbons (Fsp3) is 0.833. The van der Waals surface area contributed by atoms with Crippen molar-refractivity contribution < 1.29 is 0 Å². The smallest absolute Gasteiger partial charge is 0.0530 e. The van der Waals surface area contributed by atoms with Gasteiger partial charge in [0.1, 0.15) is 0 Å². The molecule has 14 heavy (non-hydrogen) atoms. The van der Waals surface area contributed by atoms with Gasteiger partial charge in [-0.1, -0.05) is 57.2 Å². The van der Waals surface area contributed by atoms with Gasteiger partial charge in [0.05, 0.1) is 5.38 Å². The van der Waals surface area contributed by atoms with Crippen molar-refractivity contribution in [2.24, 2.45) is 0 Å². The molecule has 0 rings (SSSR count). The Morgan fingerprint density at radius 2 is 1.79 bits per heavy atom. The van der Waals surface area contributed by atoms with Crippen molar-refractivity contribution in [2.75, 3.05) is 0 Å². The number of unbranched alkanes of at least 4 members (excludes halogenated alkanes) is 3. The standard InChI is InChI=1S/C12H22Cl2/c1-3-5-7-9-12(14)10-11(13)8-6-4-2/h10-11H,3-9H2,1-2H3. The average Bonchev–Trinajstić information content (AvgIpc) is 2.15. The first kappa shape index (κ1) is 14.3. The lowest BCUT2D eigenvalue weighted by atomic mass is 10.1. The van der Waals surface area contributed by atoms with Crippen LogP contribution in [0.2, 0.25) is 0 Å². The van der Waals surface area contributed by atoms with Crippen molar-refractivity contribution in [3.8, 4) is 0 Å². The lowest BCUT2D eigenvalue weighted by molar-refractivity contribution is 0.713. The summed E-state index contributed by atoms with van der Waals surface area (Å²) >= 11 is 12.2. The summed E-state index contributed by atoms with van der Waals surface area (Å²) in [7, 11) is 0. The van der Waals surface area contributed by atoms with Gasteiger partial charge in [-0.25, -0.2) is 0 Å². The molecule has 0 saturated carbocycles. The second kappa shape index (κ2) is 9.86. The predicted octanol–water partition coefficient (Wildman–Crippen LogP) is 5.49. The predicted molar refractivity (Wildman–Crippen MR) is 67.2 cm³/mol. The Labute approximate surface area is 98.7 Å². The maximum atomic E-state index is 6.11. The van der Waals surface area contributed by atoms with E-state index >= 15 is 0 Å². The van der Waals surface area contributed by atoms with E-state index in [-0.39, 0.29) is 5.38 Å². The van der Waals surface area contributed by atoms with Crippen LogP contribution in [-0.4, -0.2) is 5.38 Å². The van der Waals surface area contributed by atoms with Gasteiger partial charge < -0.3 is 0 Å². The fourth-order valence-corrected chi connectivity index (χ4v) is 1.96. The molecule has 0 aliphatic rings. The van der Waals surface area contributed by atoms with Crippen molar-refractivity contribution in [3.63, 3.8) is 0 Å². The van der Waals surface area contributed by atoms with Crippen molar-refractivity contribution in [3.05, 3.63) is 11.1 Å². The van der Waals surface area contributed by atoms with Crippen LogP contribution in [-0.2, 0) is 0 Å². The van der Waals surface area contributed by atoms with E-state index in [4.69, 9.17) is 23.2 Å². The molecule has 0 bridgehead atoms. The Bertz CT molecular complexity index is 152. The van der Waals surface area contributed by atoms with E-state index in [1.807, 2.05) is 6.08 Å². The van der Waals surface area contributed by atoms with Gasteiger partial charge in [0.2, 0.25) is 0 Å². The zero-order valence-corrected chi connectivity index (χ0v) is 10.9. The molecule has 0 radical (unpaired) electrons. The monoisotopic (exact) mass is 236 g/mol. The summed E-state index contributed by atoms with van der Waals surface area (Å²) in [6, 6.07) is 0. The van der Waals surface area contributed by atoms with E-state index < -0.39 is 0 Å². The van der Waals surface area contributed by atoms with Crippen LogP contribution in [0.1, 0.15) is 58.8 Å². The molecule has 0 aromatic carbocycles. The first-order chi connectivity index (χ1) is 6.70. The minimum Gasteiger partial charge on any atom is -0.118 e. The van der Waals surface area contributed by atoms with E-state index in [0.717, 1.165) is 17.9 Å². The van der Waals surface area contributed by atoms with Crippen molar-refractivity contribution in [1.29, 1.82) is 0 Å². The summed E-state index contributed by atoms with van der Waals surface area (Å²) < 4.78 is 0. The third-order valence-electron chi connectivity index (χ3n) is 2.21. The maximum absolute atomic E-state index is 6.11. The van der Waals surface area contributed by atoms with Crippen molar-refractivity contribution >= 4 is 23.2 Å². The highest BCUT2D eigenvalue weighted by atomic mass is 35.5. The van der Waals surface area contributed by atoms with E-state index in [1.165, 1.54) is 32.1 Å². The van der Waals surface area contributed by atoms with Gasteiger partial charge in [0, 0.05) is 5.03 Å². The van der Waals surface area contributed by atoms with Crippen LogP contribution in [0.3, 0.4) is 0 Å². The Morgan fingerprint density at radius 1 is 1.14 bits per heavy atom. The quantitative estimate of drug-likeness (QED) is 0.387. The Kier molecular flexibility index (Phi) is 10.1. The molecule has 0 aliphatic carbocycles. The van der Waals surface area contributed by atoms with Gasteiger partial charge in [0.15, 0.2) is 0 Å². The zero-order valence-electron chi connectivity index (χ0n) is 9.36. The molecule has 0 aromatic rings. The fourth-order valence-electron chi connectivity index (χ4n) is 1.31. The molecule has 2 heteroatoms. The summed E-state index contributed by atoms with van der Waals surface area (Å²) in [6.07, 6.45) is 10.1. The van der Waals surface area contributed by atoms with Crippen LogP contribution in [0.15, 0.2) is 11.1 Å². The van der Waals surface area contributed by atoms with Crippen LogP contribution >= 0.6 is 23.2 Å². The van der Waals surface area contributed by atoms with Gasteiger partial charge in [0.25, 0.3) is 0 Å². The summed E-state index contributed by atoms with van der Waals surface area (Å²) in [5.74, 6) is 0. The van der Waals surface area contributed by atoms with Crippen LogP contribution in [0, 0.1) is 0 Å². The van der Waals surface area contributed by atoms with Gasteiger partial charge >= 0.3 is 0 Å². The highest BCUT2D eigenvalue weighted by Crippen LogP contribution is 2.18. The number of halogens is 2. The van der Waals surface area contributed by atoms with Crippen LogP contribution < -0.4 is 0 Å². The highest BCUT2D eigenvalue weighted by molar-refractivity contribution is 6.30. The molecule has 0 N–H and O–H groups in total. The molecule has 0 aromatic heterocycles. The molecule has 1 atom stereocenters. The molecule has 1 unspecified atom stereocenters. The normalized spacial score (nSPS) is 14.4. The molecule has 0 aliphatic heterocycles. The minimum absolute atomic E-state index is 0.129. The van der Waals surface area contributed by atoms with Crippen LogP contribution in [0.25, 0.3) is 0 Å². The van der Waals surface area contributed by atoms with Crippen molar-refractivity contribution in [1.82, 2.24) is 0 Å². The van der Waals surface area contributed by atoms with Gasteiger partial charge in [-0.15, -0.1) is 11.6 Å². The zero-order chi connectivity index (χ0) is 10.8. The second-order valence-electron chi connectivity index (χ2n) is 3.73. The molecular formula is C12H22Cl2. The molecule has 0 spiro atoms. The summed E-state index contributed by atoms with van der Waals surface area (Å²) in [5.41, 5.74) is 0. The average molecular weight is 237 g/mol. The first-order valence-corrected chi connectivity index (χ1v) is 6.52. The first-order valence-electron chi connectivity index (χ1n) is 5.71. The largest absolute Gasteiger partial charge is 0.118 e. The number of hydrogen-bond donors (Lipinski definition) is 0. The van der Waals surface area contributed by atoms with Gasteiger partial charge in [-0.3, -0.25) is 0 Å². The molecule has 0 amide bonds. The van der Waals surface area contributed by atoms with E-state index in [1.54, 1.807) is 0 Å². The van der Waals surface area contributed by atoms with Crippen LogP contribution in [0.4, 0.5) is 0 Å². The second-order valence-corrected chi connectivity index (χ2v) is 4.77. The summed E-state index contributed by atoms with van der Waals surface area (Å²) in [4.78, 5) is 0. The molecule has 0 nitrogen and oxygen atoms in total. The molecule has 0 heterocycles. The molecule has 0 fully saturated rings.